The summed E-state index contributed by atoms with van der Waals surface area (Å²) in [6.07, 6.45) is 0. The van der Waals surface area contributed by atoms with Gasteiger partial charge in [-0.2, -0.15) is 11.3 Å². The number of rotatable bonds is 4. The monoisotopic (exact) mass is 257 g/mol. The molecule has 1 N–H and O–H groups in total. The van der Waals surface area contributed by atoms with Crippen molar-refractivity contribution in [1.29, 1.82) is 0 Å². The van der Waals surface area contributed by atoms with E-state index in [1.54, 1.807) is 11.3 Å². The topological polar surface area (TPSA) is 25.2 Å². The highest BCUT2D eigenvalue weighted by atomic mass is 32.1. The van der Waals surface area contributed by atoms with E-state index in [0.29, 0.717) is 0 Å². The average molecular weight is 257 g/mol. The number of para-hydroxylation sites is 1. The Labute approximate surface area is 110 Å². The van der Waals surface area contributed by atoms with E-state index in [4.69, 9.17) is 4.42 Å². The lowest BCUT2D eigenvalue weighted by atomic mass is 10.1. The van der Waals surface area contributed by atoms with Gasteiger partial charge in [-0.25, -0.2) is 0 Å². The molecule has 2 aromatic heterocycles. The Kier molecular flexibility index (Phi) is 3.17. The summed E-state index contributed by atoms with van der Waals surface area (Å²) < 4.78 is 5.95. The van der Waals surface area contributed by atoms with Gasteiger partial charge in [-0.05, 0) is 41.1 Å². The van der Waals surface area contributed by atoms with Crippen molar-refractivity contribution in [2.75, 3.05) is 6.54 Å². The SMILES string of the molecule is CCNC(c1ccsc1)c1cc2ccccc2o1. The van der Waals surface area contributed by atoms with Crippen LogP contribution in [0.5, 0.6) is 0 Å². The summed E-state index contributed by atoms with van der Waals surface area (Å²) in [7, 11) is 0. The van der Waals surface area contributed by atoms with Crippen molar-refractivity contribution in [3.8, 4) is 0 Å². The van der Waals surface area contributed by atoms with Crippen LogP contribution in [-0.2, 0) is 0 Å². The maximum atomic E-state index is 5.95. The molecule has 18 heavy (non-hydrogen) atoms. The Morgan fingerprint density at radius 1 is 1.28 bits per heavy atom. The molecule has 2 heterocycles. The van der Waals surface area contributed by atoms with Gasteiger partial charge in [-0.1, -0.05) is 25.1 Å². The summed E-state index contributed by atoms with van der Waals surface area (Å²) in [5.74, 6) is 0.983. The van der Waals surface area contributed by atoms with E-state index in [9.17, 15) is 0 Å². The minimum absolute atomic E-state index is 0.147. The van der Waals surface area contributed by atoms with Crippen LogP contribution >= 0.6 is 11.3 Å². The first-order valence-electron chi connectivity index (χ1n) is 6.12. The Morgan fingerprint density at radius 3 is 2.89 bits per heavy atom. The van der Waals surface area contributed by atoms with Crippen LogP contribution in [-0.4, -0.2) is 6.54 Å². The van der Waals surface area contributed by atoms with E-state index in [1.165, 1.54) is 5.56 Å². The number of thiophene rings is 1. The Morgan fingerprint density at radius 2 is 2.17 bits per heavy atom. The summed E-state index contributed by atoms with van der Waals surface area (Å²) >= 11 is 1.71. The van der Waals surface area contributed by atoms with Crippen LogP contribution in [0.1, 0.15) is 24.3 Å². The summed E-state index contributed by atoms with van der Waals surface area (Å²) in [4.78, 5) is 0. The third-order valence-corrected chi connectivity index (χ3v) is 3.72. The normalized spacial score (nSPS) is 12.9. The zero-order valence-electron chi connectivity index (χ0n) is 10.2. The van der Waals surface area contributed by atoms with Crippen LogP contribution in [0.4, 0.5) is 0 Å². The maximum absolute atomic E-state index is 5.95. The predicted octanol–water partition coefficient (Wildman–Crippen LogP) is 4.19. The van der Waals surface area contributed by atoms with Gasteiger partial charge in [-0.3, -0.25) is 0 Å². The van der Waals surface area contributed by atoms with E-state index in [2.05, 4.69) is 41.2 Å². The molecule has 0 aliphatic heterocycles. The maximum Gasteiger partial charge on any atom is 0.134 e. The zero-order chi connectivity index (χ0) is 12.4. The molecule has 1 atom stereocenters. The van der Waals surface area contributed by atoms with Crippen LogP contribution in [0.25, 0.3) is 11.0 Å². The minimum atomic E-state index is 0.147. The molecule has 0 amide bonds. The lowest BCUT2D eigenvalue weighted by molar-refractivity contribution is 0.478. The van der Waals surface area contributed by atoms with Gasteiger partial charge in [0.05, 0.1) is 6.04 Å². The van der Waals surface area contributed by atoms with Gasteiger partial charge in [0.25, 0.3) is 0 Å². The molecule has 3 aromatic rings. The van der Waals surface area contributed by atoms with Crippen LogP contribution in [0, 0.1) is 0 Å². The van der Waals surface area contributed by atoms with E-state index in [1.807, 2.05) is 18.2 Å². The van der Waals surface area contributed by atoms with Crippen molar-refractivity contribution in [3.05, 3.63) is 58.5 Å². The van der Waals surface area contributed by atoms with Crippen LogP contribution < -0.4 is 5.32 Å². The molecular weight excluding hydrogens is 242 g/mol. The number of fused-ring (bicyclic) bond motifs is 1. The molecule has 0 saturated carbocycles. The van der Waals surface area contributed by atoms with Gasteiger partial charge >= 0.3 is 0 Å². The molecule has 0 spiro atoms. The fraction of sp³-hybridized carbons (Fsp3) is 0.200. The average Bonchev–Trinajstić information content (AvgIpc) is 3.04. The van der Waals surface area contributed by atoms with Gasteiger partial charge < -0.3 is 9.73 Å². The van der Waals surface area contributed by atoms with Crippen LogP contribution in [0.3, 0.4) is 0 Å². The van der Waals surface area contributed by atoms with Crippen molar-refractivity contribution < 1.29 is 4.42 Å². The fourth-order valence-corrected chi connectivity index (χ4v) is 2.86. The van der Waals surface area contributed by atoms with Crippen LogP contribution in [0.2, 0.25) is 0 Å². The summed E-state index contributed by atoms with van der Waals surface area (Å²) in [6.45, 7) is 3.03. The van der Waals surface area contributed by atoms with Crippen molar-refractivity contribution in [3.63, 3.8) is 0 Å². The number of benzene rings is 1. The van der Waals surface area contributed by atoms with Crippen LogP contribution in [0.15, 0.2) is 51.6 Å². The molecule has 2 nitrogen and oxygen atoms in total. The van der Waals surface area contributed by atoms with Crippen molar-refractivity contribution in [2.24, 2.45) is 0 Å². The Balaban J connectivity index is 2.04. The van der Waals surface area contributed by atoms with E-state index in [0.717, 1.165) is 23.3 Å². The van der Waals surface area contributed by atoms with E-state index < -0.39 is 0 Å². The number of furan rings is 1. The third-order valence-electron chi connectivity index (χ3n) is 3.01. The summed E-state index contributed by atoms with van der Waals surface area (Å²) in [5, 5.41) is 8.90. The second-order valence-corrected chi connectivity index (χ2v) is 5.01. The molecule has 0 aliphatic rings. The first kappa shape index (κ1) is 11.5. The highest BCUT2D eigenvalue weighted by Crippen LogP contribution is 2.29. The largest absolute Gasteiger partial charge is 0.459 e. The molecule has 0 aliphatic carbocycles. The Hall–Kier alpha value is -1.58. The first-order valence-corrected chi connectivity index (χ1v) is 7.06. The van der Waals surface area contributed by atoms with Gasteiger partial charge in [-0.15, -0.1) is 0 Å². The minimum Gasteiger partial charge on any atom is -0.459 e. The molecule has 0 fully saturated rings. The zero-order valence-corrected chi connectivity index (χ0v) is 11.0. The number of hydrogen-bond donors (Lipinski definition) is 1. The molecule has 0 bridgehead atoms. The Bertz CT molecular complexity index is 594. The molecule has 0 radical (unpaired) electrons. The van der Waals surface area contributed by atoms with Crippen molar-refractivity contribution >= 4 is 22.3 Å². The van der Waals surface area contributed by atoms with Crippen molar-refractivity contribution in [1.82, 2.24) is 5.32 Å². The van der Waals surface area contributed by atoms with Gasteiger partial charge in [0.15, 0.2) is 0 Å². The van der Waals surface area contributed by atoms with E-state index >= 15 is 0 Å². The third kappa shape index (κ3) is 2.07. The lowest BCUT2D eigenvalue weighted by Crippen LogP contribution is -2.20. The second kappa shape index (κ2) is 4.96. The van der Waals surface area contributed by atoms with Crippen molar-refractivity contribution in [2.45, 2.75) is 13.0 Å². The second-order valence-electron chi connectivity index (χ2n) is 4.23. The summed E-state index contributed by atoms with van der Waals surface area (Å²) in [5.41, 5.74) is 2.21. The number of hydrogen-bond acceptors (Lipinski definition) is 3. The molecule has 3 heteroatoms. The number of nitrogens with one attached hydrogen (secondary N) is 1. The highest BCUT2D eigenvalue weighted by Gasteiger charge is 2.17. The molecular formula is C15H15NOS. The quantitative estimate of drug-likeness (QED) is 0.758. The van der Waals surface area contributed by atoms with Gasteiger partial charge in [0.1, 0.15) is 11.3 Å². The van der Waals surface area contributed by atoms with Gasteiger partial charge in [0.2, 0.25) is 0 Å². The highest BCUT2D eigenvalue weighted by molar-refractivity contribution is 7.08. The lowest BCUT2D eigenvalue weighted by Gasteiger charge is -2.13. The first-order chi connectivity index (χ1) is 8.88. The molecule has 3 rings (SSSR count). The van der Waals surface area contributed by atoms with E-state index in [-0.39, 0.29) is 6.04 Å². The predicted molar refractivity (Wildman–Crippen MR) is 76.1 cm³/mol. The molecule has 92 valence electrons. The molecule has 1 aromatic carbocycles. The standard InChI is InChI=1S/C15H15NOS/c1-2-16-15(12-7-8-18-10-12)14-9-11-5-3-4-6-13(11)17-14/h3-10,15-16H,2H2,1H3. The molecule has 0 saturated heterocycles. The molecule has 1 unspecified atom stereocenters. The van der Waals surface area contributed by atoms with Gasteiger partial charge in [0, 0.05) is 5.39 Å². The smallest absolute Gasteiger partial charge is 0.134 e. The fourth-order valence-electron chi connectivity index (χ4n) is 2.17. The summed E-state index contributed by atoms with van der Waals surface area (Å²) in [6, 6.07) is 12.5.